The number of nitrogens with one attached hydrogen (secondary N) is 1. The van der Waals surface area contributed by atoms with Gasteiger partial charge in [-0.05, 0) is 68.9 Å². The van der Waals surface area contributed by atoms with E-state index in [-0.39, 0.29) is 5.91 Å². The first-order valence-corrected chi connectivity index (χ1v) is 11.2. The molecule has 0 radical (unpaired) electrons. The number of hydrogen-bond donors (Lipinski definition) is 1. The van der Waals surface area contributed by atoms with Crippen molar-refractivity contribution in [2.24, 2.45) is 0 Å². The molecule has 1 amide bonds. The van der Waals surface area contributed by atoms with E-state index in [0.29, 0.717) is 30.8 Å². The van der Waals surface area contributed by atoms with Crippen LogP contribution in [0.25, 0.3) is 0 Å². The van der Waals surface area contributed by atoms with Gasteiger partial charge in [0.2, 0.25) is 15.9 Å². The van der Waals surface area contributed by atoms with Crippen LogP contribution in [0.1, 0.15) is 41.5 Å². The first kappa shape index (κ1) is 20.6. The Hall–Kier alpha value is -2.18. The predicted octanol–water partition coefficient (Wildman–Crippen LogP) is 3.97. The average Bonchev–Trinajstić information content (AvgIpc) is 3.19. The molecule has 0 atom stereocenters. The smallest absolute Gasteiger partial charge is 0.243 e. The Morgan fingerprint density at radius 1 is 1.00 bits per heavy atom. The molecule has 6 heteroatoms. The van der Waals surface area contributed by atoms with Gasteiger partial charge in [0, 0.05) is 25.2 Å². The van der Waals surface area contributed by atoms with Gasteiger partial charge in [-0.1, -0.05) is 29.8 Å². The van der Waals surface area contributed by atoms with E-state index in [1.807, 2.05) is 20.8 Å². The summed E-state index contributed by atoms with van der Waals surface area (Å²) in [5, 5.41) is 3.01. The summed E-state index contributed by atoms with van der Waals surface area (Å²) < 4.78 is 26.7. The molecule has 0 spiro atoms. The minimum atomic E-state index is -3.39. The van der Waals surface area contributed by atoms with Gasteiger partial charge in [-0.15, -0.1) is 0 Å². The molecule has 1 fully saturated rings. The predicted molar refractivity (Wildman–Crippen MR) is 112 cm³/mol. The van der Waals surface area contributed by atoms with E-state index in [9.17, 15) is 13.2 Å². The molecule has 2 aromatic carbocycles. The number of rotatable bonds is 6. The van der Waals surface area contributed by atoms with Gasteiger partial charge >= 0.3 is 0 Å². The molecular formula is C22H28N2O3S. The lowest BCUT2D eigenvalue weighted by molar-refractivity contribution is -0.116. The lowest BCUT2D eigenvalue weighted by Crippen LogP contribution is -2.27. The molecule has 1 N–H and O–H groups in total. The second-order valence-electron chi connectivity index (χ2n) is 7.58. The quantitative estimate of drug-likeness (QED) is 0.798. The number of carbonyl (C=O) groups is 1. The third-order valence-electron chi connectivity index (χ3n) is 5.21. The maximum atomic E-state index is 12.6. The Bertz CT molecular complexity index is 937. The highest BCUT2D eigenvalue weighted by Gasteiger charge is 2.26. The van der Waals surface area contributed by atoms with Crippen LogP contribution in [-0.2, 0) is 21.2 Å². The molecule has 0 unspecified atom stereocenters. The molecule has 0 saturated carbocycles. The zero-order valence-corrected chi connectivity index (χ0v) is 17.6. The van der Waals surface area contributed by atoms with Gasteiger partial charge in [0.15, 0.2) is 0 Å². The van der Waals surface area contributed by atoms with Gasteiger partial charge in [-0.25, -0.2) is 8.42 Å². The molecule has 0 aromatic heterocycles. The number of amides is 1. The fourth-order valence-electron chi connectivity index (χ4n) is 3.74. The summed E-state index contributed by atoms with van der Waals surface area (Å²) in [6, 6.07) is 11.0. The van der Waals surface area contributed by atoms with Gasteiger partial charge in [-0.3, -0.25) is 4.79 Å². The highest BCUT2D eigenvalue weighted by atomic mass is 32.2. The molecule has 28 heavy (non-hydrogen) atoms. The van der Waals surface area contributed by atoms with Crippen LogP contribution in [0, 0.1) is 20.8 Å². The van der Waals surface area contributed by atoms with Crippen LogP contribution >= 0.6 is 0 Å². The van der Waals surface area contributed by atoms with E-state index in [1.54, 1.807) is 28.6 Å². The Labute approximate surface area is 167 Å². The average molecular weight is 401 g/mol. The van der Waals surface area contributed by atoms with Crippen molar-refractivity contribution in [1.29, 1.82) is 0 Å². The highest BCUT2D eigenvalue weighted by molar-refractivity contribution is 7.89. The number of nitrogens with zero attached hydrogens (tertiary/aromatic N) is 1. The Morgan fingerprint density at radius 2 is 1.57 bits per heavy atom. The Kier molecular flexibility index (Phi) is 6.20. The molecule has 0 aliphatic carbocycles. The Morgan fingerprint density at radius 3 is 2.14 bits per heavy atom. The second kappa shape index (κ2) is 8.45. The lowest BCUT2D eigenvalue weighted by atomic mass is 10.0. The first-order valence-electron chi connectivity index (χ1n) is 9.74. The van der Waals surface area contributed by atoms with E-state index < -0.39 is 10.0 Å². The maximum Gasteiger partial charge on any atom is 0.243 e. The zero-order chi connectivity index (χ0) is 20.3. The van der Waals surface area contributed by atoms with Gasteiger partial charge in [-0.2, -0.15) is 4.31 Å². The SMILES string of the molecule is Cc1cc(C)c(NC(=O)CCc2ccc(S(=O)(=O)N3CCCC3)cc2)c(C)c1. The van der Waals surface area contributed by atoms with Crippen molar-refractivity contribution in [1.82, 2.24) is 4.31 Å². The largest absolute Gasteiger partial charge is 0.326 e. The van der Waals surface area contributed by atoms with Crippen molar-refractivity contribution in [3.8, 4) is 0 Å². The summed E-state index contributed by atoms with van der Waals surface area (Å²) in [7, 11) is -3.39. The third-order valence-corrected chi connectivity index (χ3v) is 7.12. The molecule has 2 aromatic rings. The van der Waals surface area contributed by atoms with E-state index in [1.165, 1.54) is 5.56 Å². The van der Waals surface area contributed by atoms with Crippen molar-refractivity contribution in [2.75, 3.05) is 18.4 Å². The molecule has 1 aliphatic heterocycles. The van der Waals surface area contributed by atoms with Crippen LogP contribution < -0.4 is 5.32 Å². The molecule has 1 heterocycles. The van der Waals surface area contributed by atoms with Crippen molar-refractivity contribution in [2.45, 2.75) is 51.3 Å². The van der Waals surface area contributed by atoms with Crippen LogP contribution in [0.3, 0.4) is 0 Å². The van der Waals surface area contributed by atoms with Gasteiger partial charge in [0.05, 0.1) is 4.90 Å². The third kappa shape index (κ3) is 4.62. The number of hydrogen-bond acceptors (Lipinski definition) is 3. The van der Waals surface area contributed by atoms with Crippen LogP contribution in [0.4, 0.5) is 5.69 Å². The standard InChI is InChI=1S/C22H28N2O3S/c1-16-14-17(2)22(18(3)15-16)23-21(25)11-8-19-6-9-20(10-7-19)28(26,27)24-12-4-5-13-24/h6-7,9-10,14-15H,4-5,8,11-13H2,1-3H3,(H,23,25). The summed E-state index contributed by atoms with van der Waals surface area (Å²) in [6.45, 7) is 7.23. The normalized spacial score (nSPS) is 15.0. The van der Waals surface area contributed by atoms with Crippen LogP contribution in [-0.4, -0.2) is 31.7 Å². The van der Waals surface area contributed by atoms with Crippen molar-refractivity contribution in [3.63, 3.8) is 0 Å². The summed E-state index contributed by atoms with van der Waals surface area (Å²) >= 11 is 0. The van der Waals surface area contributed by atoms with E-state index in [0.717, 1.165) is 35.2 Å². The number of carbonyl (C=O) groups excluding carboxylic acids is 1. The maximum absolute atomic E-state index is 12.6. The molecule has 150 valence electrons. The number of aryl methyl sites for hydroxylation is 4. The second-order valence-corrected chi connectivity index (χ2v) is 9.51. The molecule has 0 bridgehead atoms. The lowest BCUT2D eigenvalue weighted by Gasteiger charge is -2.15. The fraction of sp³-hybridized carbons (Fsp3) is 0.409. The van der Waals surface area contributed by atoms with E-state index in [2.05, 4.69) is 17.4 Å². The minimum Gasteiger partial charge on any atom is -0.326 e. The van der Waals surface area contributed by atoms with Crippen LogP contribution in [0.2, 0.25) is 0 Å². The highest BCUT2D eigenvalue weighted by Crippen LogP contribution is 2.23. The number of benzene rings is 2. The molecule has 1 saturated heterocycles. The van der Waals surface area contributed by atoms with Crippen molar-refractivity contribution < 1.29 is 13.2 Å². The van der Waals surface area contributed by atoms with Gasteiger partial charge in [0.1, 0.15) is 0 Å². The van der Waals surface area contributed by atoms with E-state index in [4.69, 9.17) is 0 Å². The fourth-order valence-corrected chi connectivity index (χ4v) is 5.26. The van der Waals surface area contributed by atoms with Crippen LogP contribution in [0.15, 0.2) is 41.3 Å². The molecular weight excluding hydrogens is 372 g/mol. The molecule has 3 rings (SSSR count). The summed E-state index contributed by atoms with van der Waals surface area (Å²) in [4.78, 5) is 12.7. The molecule has 1 aliphatic rings. The van der Waals surface area contributed by atoms with Crippen molar-refractivity contribution >= 4 is 21.6 Å². The minimum absolute atomic E-state index is 0.0381. The van der Waals surface area contributed by atoms with Gasteiger partial charge in [0.25, 0.3) is 0 Å². The van der Waals surface area contributed by atoms with Crippen LogP contribution in [0.5, 0.6) is 0 Å². The summed E-state index contributed by atoms with van der Waals surface area (Å²) in [6.07, 6.45) is 2.77. The topological polar surface area (TPSA) is 66.5 Å². The Balaban J connectivity index is 1.60. The summed E-state index contributed by atoms with van der Waals surface area (Å²) in [5.41, 5.74) is 5.12. The number of sulfonamides is 1. The zero-order valence-electron chi connectivity index (χ0n) is 16.8. The monoisotopic (exact) mass is 400 g/mol. The number of anilines is 1. The first-order chi connectivity index (χ1) is 13.3. The van der Waals surface area contributed by atoms with Crippen molar-refractivity contribution in [3.05, 3.63) is 58.7 Å². The summed E-state index contributed by atoms with van der Waals surface area (Å²) in [5.74, 6) is -0.0381. The van der Waals surface area contributed by atoms with E-state index >= 15 is 0 Å². The van der Waals surface area contributed by atoms with Gasteiger partial charge < -0.3 is 5.32 Å². The molecule has 5 nitrogen and oxygen atoms in total.